The van der Waals surface area contributed by atoms with Crippen molar-refractivity contribution in [2.45, 2.75) is 38.4 Å². The van der Waals surface area contributed by atoms with Crippen molar-refractivity contribution in [3.05, 3.63) is 35.4 Å². The van der Waals surface area contributed by atoms with E-state index >= 15 is 0 Å². The van der Waals surface area contributed by atoms with Crippen LogP contribution in [0.4, 0.5) is 0 Å². The lowest BCUT2D eigenvalue weighted by Crippen LogP contribution is -2.25. The number of benzene rings is 1. The molecule has 0 spiro atoms. The minimum atomic E-state index is -2.12. The molecule has 0 saturated carbocycles. The van der Waals surface area contributed by atoms with Crippen LogP contribution in [0, 0.1) is 0 Å². The Kier molecular flexibility index (Phi) is 5.72. The summed E-state index contributed by atoms with van der Waals surface area (Å²) in [7, 11) is -2.12. The van der Waals surface area contributed by atoms with Crippen molar-refractivity contribution in [3.8, 4) is 0 Å². The summed E-state index contributed by atoms with van der Waals surface area (Å²) < 4.78 is 0. The van der Waals surface area contributed by atoms with Crippen LogP contribution in [-0.2, 0) is 6.42 Å². The van der Waals surface area contributed by atoms with Gasteiger partial charge in [0.2, 0.25) is 0 Å². The molecule has 0 aromatic heterocycles. The highest BCUT2D eigenvalue weighted by atomic mass is 28.4. The molecule has 0 aliphatic carbocycles. The Balaban J connectivity index is 2.54. The molecule has 0 aliphatic rings. The number of nitrogens with two attached hydrogens (primary N) is 1. The fourth-order valence-corrected chi connectivity index (χ4v) is 2.57. The highest BCUT2D eigenvalue weighted by Crippen LogP contribution is 2.13. The third-order valence-electron chi connectivity index (χ3n) is 2.91. The van der Waals surface area contributed by atoms with Gasteiger partial charge in [-0.1, -0.05) is 24.3 Å². The predicted molar refractivity (Wildman–Crippen MR) is 77.3 cm³/mol. The van der Waals surface area contributed by atoms with Crippen LogP contribution in [0.5, 0.6) is 0 Å². The normalized spacial score (nSPS) is 11.6. The third-order valence-corrected chi connectivity index (χ3v) is 4.38. The molecule has 0 heterocycles. The summed E-state index contributed by atoms with van der Waals surface area (Å²) in [6.45, 7) is 4.41. The van der Waals surface area contributed by atoms with Crippen molar-refractivity contribution >= 4 is 14.1 Å². The number of carbonyl (C=O) groups is 1. The van der Waals surface area contributed by atoms with Crippen LogP contribution in [0.3, 0.4) is 0 Å². The maximum atomic E-state index is 11.9. The van der Waals surface area contributed by atoms with Crippen LogP contribution in [0.15, 0.2) is 24.3 Å². The van der Waals surface area contributed by atoms with Crippen molar-refractivity contribution in [2.75, 3.05) is 6.54 Å². The molecule has 0 unspecified atom stereocenters. The lowest BCUT2D eigenvalue weighted by atomic mass is 10.0. The second kappa shape index (κ2) is 6.83. The van der Waals surface area contributed by atoms with Crippen molar-refractivity contribution in [1.29, 1.82) is 0 Å². The van der Waals surface area contributed by atoms with Gasteiger partial charge in [-0.25, -0.2) is 0 Å². The molecule has 0 aliphatic heterocycles. The largest absolute Gasteiger partial charge is 0.432 e. The maximum absolute atomic E-state index is 11.9. The molecule has 3 nitrogen and oxygen atoms in total. The zero-order valence-electron chi connectivity index (χ0n) is 11.3. The smallest absolute Gasteiger partial charge is 0.183 e. The molecule has 0 saturated heterocycles. The molecule has 0 amide bonds. The van der Waals surface area contributed by atoms with Crippen LogP contribution < -0.4 is 5.73 Å². The maximum Gasteiger partial charge on any atom is 0.183 e. The Bertz CT molecular complexity index is 382. The average Bonchev–Trinajstić information content (AvgIpc) is 2.33. The molecule has 1 rings (SSSR count). The molecule has 0 bridgehead atoms. The molecule has 1 aromatic carbocycles. The van der Waals surface area contributed by atoms with Gasteiger partial charge in [-0.2, -0.15) is 0 Å². The van der Waals surface area contributed by atoms with Crippen LogP contribution in [0.2, 0.25) is 19.1 Å². The van der Waals surface area contributed by atoms with Crippen LogP contribution in [0.25, 0.3) is 0 Å². The number of ketones is 1. The van der Waals surface area contributed by atoms with E-state index in [-0.39, 0.29) is 5.78 Å². The monoisotopic (exact) mass is 265 g/mol. The highest BCUT2D eigenvalue weighted by molar-refractivity contribution is 6.70. The first kappa shape index (κ1) is 15.1. The molecule has 0 atom stereocenters. The summed E-state index contributed by atoms with van der Waals surface area (Å²) in [4.78, 5) is 21.6. The lowest BCUT2D eigenvalue weighted by Gasteiger charge is -2.12. The minimum Gasteiger partial charge on any atom is -0.432 e. The van der Waals surface area contributed by atoms with E-state index in [0.29, 0.717) is 19.0 Å². The van der Waals surface area contributed by atoms with Crippen molar-refractivity contribution < 1.29 is 9.59 Å². The summed E-state index contributed by atoms with van der Waals surface area (Å²) >= 11 is 0. The van der Waals surface area contributed by atoms with Gasteiger partial charge in [0.05, 0.1) is 0 Å². The van der Waals surface area contributed by atoms with Gasteiger partial charge >= 0.3 is 0 Å². The number of hydrogen-bond acceptors (Lipinski definition) is 3. The van der Waals surface area contributed by atoms with Crippen molar-refractivity contribution in [3.63, 3.8) is 0 Å². The Morgan fingerprint density at radius 3 is 2.39 bits per heavy atom. The second-order valence-electron chi connectivity index (χ2n) is 5.32. The summed E-state index contributed by atoms with van der Waals surface area (Å²) in [6.07, 6.45) is 2.37. The van der Waals surface area contributed by atoms with Gasteiger partial charge in [-0.15, -0.1) is 0 Å². The zero-order chi connectivity index (χ0) is 13.6. The fourth-order valence-electron chi connectivity index (χ4n) is 1.73. The molecule has 3 N–H and O–H groups in total. The van der Waals surface area contributed by atoms with Gasteiger partial charge in [-0.05, 0) is 44.1 Å². The predicted octanol–water partition coefficient (Wildman–Crippen LogP) is 2.35. The Labute approximate surface area is 110 Å². The van der Waals surface area contributed by atoms with E-state index in [1.807, 2.05) is 37.4 Å². The van der Waals surface area contributed by atoms with Gasteiger partial charge in [0.1, 0.15) is 0 Å². The van der Waals surface area contributed by atoms with E-state index in [0.717, 1.165) is 18.4 Å². The van der Waals surface area contributed by atoms with Gasteiger partial charge < -0.3 is 10.5 Å². The highest BCUT2D eigenvalue weighted by Gasteiger charge is 2.18. The molecular weight excluding hydrogens is 242 g/mol. The molecule has 0 fully saturated rings. The van der Waals surface area contributed by atoms with E-state index in [4.69, 9.17) is 5.73 Å². The van der Waals surface area contributed by atoms with E-state index in [9.17, 15) is 9.59 Å². The van der Waals surface area contributed by atoms with Crippen molar-refractivity contribution in [1.82, 2.24) is 0 Å². The van der Waals surface area contributed by atoms with Crippen LogP contribution >= 0.6 is 0 Å². The van der Waals surface area contributed by atoms with E-state index in [2.05, 4.69) is 0 Å². The third kappa shape index (κ3) is 5.58. The Morgan fingerprint density at radius 2 is 1.89 bits per heavy atom. The molecule has 18 heavy (non-hydrogen) atoms. The van der Waals surface area contributed by atoms with Gasteiger partial charge in [0, 0.05) is 12.0 Å². The molecular formula is C14H23NO2Si. The Morgan fingerprint density at radius 1 is 1.28 bits per heavy atom. The average molecular weight is 265 g/mol. The SMILES string of the molecule is C[Si](C)(O)CCC(=O)c1ccc(CCCN)cc1. The van der Waals surface area contributed by atoms with Crippen LogP contribution in [0.1, 0.15) is 28.8 Å². The molecule has 1 aromatic rings. The molecule has 4 heteroatoms. The van der Waals surface area contributed by atoms with E-state index in [1.54, 1.807) is 0 Å². The number of rotatable bonds is 7. The molecule has 0 radical (unpaired) electrons. The quantitative estimate of drug-likeness (QED) is 0.587. The lowest BCUT2D eigenvalue weighted by molar-refractivity contribution is 0.0986. The van der Waals surface area contributed by atoms with Crippen molar-refractivity contribution in [2.24, 2.45) is 5.73 Å². The first-order valence-electron chi connectivity index (χ1n) is 6.47. The van der Waals surface area contributed by atoms with Gasteiger partial charge in [0.25, 0.3) is 0 Å². The van der Waals surface area contributed by atoms with Gasteiger partial charge in [-0.3, -0.25) is 4.79 Å². The van der Waals surface area contributed by atoms with Gasteiger partial charge in [0.15, 0.2) is 14.1 Å². The number of Topliss-reactive ketones (excluding diaryl/α,β-unsaturated/α-hetero) is 1. The summed E-state index contributed by atoms with van der Waals surface area (Å²) in [6, 6.07) is 8.36. The standard InChI is InChI=1S/C14H23NO2Si/c1-18(2,17)11-9-14(16)13-7-5-12(6-8-13)4-3-10-15/h5-8,17H,3-4,9-11,15H2,1-2H3. The number of hydrogen-bond donors (Lipinski definition) is 2. The first-order chi connectivity index (χ1) is 8.42. The number of aryl methyl sites for hydroxylation is 1. The fraction of sp³-hybridized carbons (Fsp3) is 0.500. The Hall–Kier alpha value is -0.973. The number of carbonyl (C=O) groups excluding carboxylic acids is 1. The summed E-state index contributed by atoms with van der Waals surface area (Å²) in [5, 5.41) is 0. The second-order valence-corrected chi connectivity index (χ2v) is 9.45. The molecule has 100 valence electrons. The zero-order valence-corrected chi connectivity index (χ0v) is 12.3. The minimum absolute atomic E-state index is 0.120. The van der Waals surface area contributed by atoms with E-state index < -0.39 is 8.32 Å². The summed E-state index contributed by atoms with van der Waals surface area (Å²) in [5.41, 5.74) is 7.42. The van der Waals surface area contributed by atoms with Crippen LogP contribution in [-0.4, -0.2) is 25.4 Å². The van der Waals surface area contributed by atoms with E-state index in [1.165, 1.54) is 5.56 Å². The summed E-state index contributed by atoms with van der Waals surface area (Å²) in [5.74, 6) is 0.120. The first-order valence-corrected chi connectivity index (χ1v) is 9.62. The topological polar surface area (TPSA) is 63.3 Å².